The van der Waals surface area contributed by atoms with Gasteiger partial charge in [0, 0.05) is 6.42 Å². The van der Waals surface area contributed by atoms with E-state index < -0.39 is 0 Å². The zero-order chi connectivity index (χ0) is 20.3. The Balaban J connectivity index is 1.89. The van der Waals surface area contributed by atoms with Gasteiger partial charge in [0.05, 0.1) is 19.7 Å². The van der Waals surface area contributed by atoms with Crippen molar-refractivity contribution in [1.82, 2.24) is 0 Å². The zero-order valence-corrected chi connectivity index (χ0v) is 19.1. The smallest absolute Gasteiger partial charge is 0.198 e. The van der Waals surface area contributed by atoms with Crippen molar-refractivity contribution in [2.75, 3.05) is 32.8 Å². The molecule has 0 amide bonds. The van der Waals surface area contributed by atoms with Gasteiger partial charge in [-0.1, -0.05) is 83.3 Å². The Morgan fingerprint density at radius 3 is 1.96 bits per heavy atom. The van der Waals surface area contributed by atoms with Gasteiger partial charge in [-0.3, -0.25) is 4.48 Å². The number of nitrogens with zero attached hydrogens (tertiary/aromatic N) is 2. The molecule has 0 radical (unpaired) electrons. The van der Waals surface area contributed by atoms with Gasteiger partial charge < -0.3 is 5.11 Å². The van der Waals surface area contributed by atoms with Crippen molar-refractivity contribution in [2.24, 2.45) is 4.99 Å². The summed E-state index contributed by atoms with van der Waals surface area (Å²) in [4.78, 5) is 4.76. The summed E-state index contributed by atoms with van der Waals surface area (Å²) in [6.07, 6.45) is 25.0. The zero-order valence-electron chi connectivity index (χ0n) is 19.1. The number of rotatable bonds is 19. The van der Waals surface area contributed by atoms with E-state index in [2.05, 4.69) is 26.0 Å². The van der Waals surface area contributed by atoms with Crippen molar-refractivity contribution in [2.45, 2.75) is 110 Å². The molecule has 0 aliphatic carbocycles. The normalized spacial score (nSPS) is 19.6. The molecule has 164 valence electrons. The topological polar surface area (TPSA) is 32.6 Å². The number of amidine groups is 1. The van der Waals surface area contributed by atoms with Crippen LogP contribution in [-0.4, -0.2) is 48.2 Å². The molecule has 1 aliphatic heterocycles. The standard InChI is InChI=1S/C25H49N2O/c1-3-5-6-7-8-9-10-11-12-13-14-15-16-17-18-19-20-25-26-21-22-27(25,4-2)23-24-28/h7-8,28H,3-6,9-24H2,1-2H3/q+1/b8-7+. The van der Waals surface area contributed by atoms with E-state index in [0.29, 0.717) is 0 Å². The van der Waals surface area contributed by atoms with E-state index in [1.165, 1.54) is 95.7 Å². The van der Waals surface area contributed by atoms with Gasteiger partial charge in [-0.05, 0) is 32.6 Å². The molecule has 1 rings (SSSR count). The molecule has 1 unspecified atom stereocenters. The highest BCUT2D eigenvalue weighted by molar-refractivity contribution is 5.76. The number of likely N-dealkylation sites (N-methyl/N-ethyl adjacent to an activating group) is 1. The molecule has 1 atom stereocenters. The summed E-state index contributed by atoms with van der Waals surface area (Å²) in [5.41, 5.74) is 0. The van der Waals surface area contributed by atoms with Crippen LogP contribution in [0.4, 0.5) is 0 Å². The molecule has 0 aromatic carbocycles. The van der Waals surface area contributed by atoms with Gasteiger partial charge in [-0.15, -0.1) is 0 Å². The van der Waals surface area contributed by atoms with E-state index in [-0.39, 0.29) is 6.61 Å². The number of hydrogen-bond donors (Lipinski definition) is 1. The lowest BCUT2D eigenvalue weighted by Crippen LogP contribution is -2.52. The van der Waals surface area contributed by atoms with Crippen LogP contribution in [0.2, 0.25) is 0 Å². The summed E-state index contributed by atoms with van der Waals surface area (Å²) in [6.45, 7) is 8.76. The van der Waals surface area contributed by atoms with E-state index >= 15 is 0 Å². The highest BCUT2D eigenvalue weighted by Crippen LogP contribution is 2.20. The van der Waals surface area contributed by atoms with Crippen molar-refractivity contribution in [1.29, 1.82) is 0 Å². The second-order valence-corrected chi connectivity index (χ2v) is 8.62. The van der Waals surface area contributed by atoms with E-state index in [1.807, 2.05) is 0 Å². The van der Waals surface area contributed by atoms with Gasteiger partial charge in [0.2, 0.25) is 0 Å². The number of allylic oxidation sites excluding steroid dienone is 2. The molecule has 1 aliphatic rings. The molecule has 0 saturated carbocycles. The van der Waals surface area contributed by atoms with Gasteiger partial charge in [-0.2, -0.15) is 0 Å². The maximum Gasteiger partial charge on any atom is 0.198 e. The molecule has 0 aromatic rings. The van der Waals surface area contributed by atoms with Crippen LogP contribution in [0.5, 0.6) is 0 Å². The number of unbranched alkanes of at least 4 members (excludes halogenated alkanes) is 12. The highest BCUT2D eigenvalue weighted by atomic mass is 16.3. The van der Waals surface area contributed by atoms with E-state index in [4.69, 9.17) is 4.99 Å². The maximum absolute atomic E-state index is 9.38. The fourth-order valence-electron chi connectivity index (χ4n) is 4.41. The Hall–Kier alpha value is -0.670. The van der Waals surface area contributed by atoms with Crippen LogP contribution in [0.1, 0.15) is 110 Å². The fourth-order valence-corrected chi connectivity index (χ4v) is 4.41. The third kappa shape index (κ3) is 10.8. The van der Waals surface area contributed by atoms with E-state index in [1.54, 1.807) is 0 Å². The lowest BCUT2D eigenvalue weighted by Gasteiger charge is -2.33. The van der Waals surface area contributed by atoms with Gasteiger partial charge in [-0.25, -0.2) is 4.99 Å². The minimum atomic E-state index is 0.280. The second kappa shape index (κ2) is 17.2. The second-order valence-electron chi connectivity index (χ2n) is 8.62. The summed E-state index contributed by atoms with van der Waals surface area (Å²) in [6, 6.07) is 0. The SMILES string of the molecule is CCCC/C=C/CCCCCCCCCCCCC1=NCC[N+]1(CC)CCO. The Morgan fingerprint density at radius 1 is 0.821 bits per heavy atom. The van der Waals surface area contributed by atoms with E-state index in [0.717, 1.165) is 37.1 Å². The summed E-state index contributed by atoms with van der Waals surface area (Å²) >= 11 is 0. The van der Waals surface area contributed by atoms with Gasteiger partial charge in [0.25, 0.3) is 0 Å². The molecule has 0 bridgehead atoms. The Morgan fingerprint density at radius 2 is 1.39 bits per heavy atom. The van der Waals surface area contributed by atoms with Crippen LogP contribution in [0.25, 0.3) is 0 Å². The lowest BCUT2D eigenvalue weighted by molar-refractivity contribution is -0.835. The number of quaternary nitrogens is 1. The first-order valence-corrected chi connectivity index (χ1v) is 12.4. The quantitative estimate of drug-likeness (QED) is 0.149. The molecule has 0 aromatic heterocycles. The van der Waals surface area contributed by atoms with Crippen molar-refractivity contribution in [3.05, 3.63) is 12.2 Å². The molecule has 1 N–H and O–H groups in total. The minimum absolute atomic E-state index is 0.280. The highest BCUT2D eigenvalue weighted by Gasteiger charge is 2.35. The molecule has 1 heterocycles. The van der Waals surface area contributed by atoms with Gasteiger partial charge in [0.1, 0.15) is 13.1 Å². The minimum Gasteiger partial charge on any atom is -0.390 e. The fraction of sp³-hybridized carbons (Fsp3) is 0.880. The summed E-state index contributed by atoms with van der Waals surface area (Å²) in [7, 11) is 0. The monoisotopic (exact) mass is 393 g/mol. The predicted octanol–water partition coefficient (Wildman–Crippen LogP) is 6.66. The molecular weight excluding hydrogens is 344 g/mol. The molecule has 0 fully saturated rings. The first-order chi connectivity index (χ1) is 13.8. The van der Waals surface area contributed by atoms with Crippen LogP contribution >= 0.6 is 0 Å². The molecule has 0 spiro atoms. The molecule has 28 heavy (non-hydrogen) atoms. The van der Waals surface area contributed by atoms with Crippen LogP contribution in [0.3, 0.4) is 0 Å². The van der Waals surface area contributed by atoms with Gasteiger partial charge >= 0.3 is 0 Å². The van der Waals surface area contributed by atoms with Crippen LogP contribution in [-0.2, 0) is 0 Å². The van der Waals surface area contributed by atoms with Crippen LogP contribution < -0.4 is 0 Å². The van der Waals surface area contributed by atoms with Crippen LogP contribution in [0, 0.1) is 0 Å². The maximum atomic E-state index is 9.38. The van der Waals surface area contributed by atoms with Crippen molar-refractivity contribution >= 4 is 5.84 Å². The number of aliphatic hydroxyl groups is 1. The largest absolute Gasteiger partial charge is 0.390 e. The third-order valence-corrected chi connectivity index (χ3v) is 6.42. The Kier molecular flexibility index (Phi) is 15.6. The Labute approximate surface area is 175 Å². The van der Waals surface area contributed by atoms with Crippen molar-refractivity contribution < 1.29 is 9.59 Å². The van der Waals surface area contributed by atoms with Crippen LogP contribution in [0.15, 0.2) is 17.1 Å². The predicted molar refractivity (Wildman–Crippen MR) is 124 cm³/mol. The van der Waals surface area contributed by atoms with Crippen molar-refractivity contribution in [3.8, 4) is 0 Å². The molecule has 3 nitrogen and oxygen atoms in total. The number of hydrogen-bond acceptors (Lipinski definition) is 2. The summed E-state index contributed by atoms with van der Waals surface area (Å²) in [5, 5.41) is 9.38. The average Bonchev–Trinajstić information content (AvgIpc) is 3.11. The summed E-state index contributed by atoms with van der Waals surface area (Å²) < 4.78 is 0.949. The number of aliphatic hydroxyl groups excluding tert-OH is 1. The first kappa shape index (κ1) is 25.4. The first-order valence-electron chi connectivity index (χ1n) is 12.4. The lowest BCUT2D eigenvalue weighted by atomic mass is 10.0. The molecule has 0 saturated heterocycles. The average molecular weight is 394 g/mol. The van der Waals surface area contributed by atoms with Crippen molar-refractivity contribution in [3.63, 3.8) is 0 Å². The molecule has 3 heteroatoms. The van der Waals surface area contributed by atoms with E-state index in [9.17, 15) is 5.11 Å². The third-order valence-electron chi connectivity index (χ3n) is 6.42. The Bertz CT molecular complexity index is 419. The van der Waals surface area contributed by atoms with Gasteiger partial charge in [0.15, 0.2) is 5.84 Å². The molecular formula is C25H49N2O+. The number of aliphatic imine (C=N–C) groups is 1. The summed E-state index contributed by atoms with van der Waals surface area (Å²) in [5.74, 6) is 1.36.